The Morgan fingerprint density at radius 3 is 1.57 bits per heavy atom. The van der Waals surface area contributed by atoms with Crippen LogP contribution in [-0.4, -0.2) is 19.9 Å². The molecule has 0 bridgehead atoms. The molecular weight excluding hydrogens is 353 g/mol. The van der Waals surface area contributed by atoms with Gasteiger partial charge in [-0.3, -0.25) is 0 Å². The third-order valence-corrected chi connectivity index (χ3v) is 6.40. The Hall–Kier alpha value is 0.951. The van der Waals surface area contributed by atoms with Crippen LogP contribution in [0.5, 0.6) is 0 Å². The van der Waals surface area contributed by atoms with Crippen LogP contribution >= 0.6 is 0 Å². The molecule has 1 aliphatic rings. The molecule has 1 radical (unpaired) electrons. The number of hydrogen-bond donors (Lipinski definition) is 0. The summed E-state index contributed by atoms with van der Waals surface area (Å²) in [5.74, 6) is 0. The summed E-state index contributed by atoms with van der Waals surface area (Å²) in [4.78, 5) is 0. The fourth-order valence-corrected chi connectivity index (χ4v) is 5.48. The van der Waals surface area contributed by atoms with Crippen molar-refractivity contribution in [1.29, 1.82) is 0 Å². The first-order valence-electron chi connectivity index (χ1n) is 7.11. The molecule has 0 aromatic heterocycles. The number of rotatable bonds is 4. The molecule has 0 aromatic carbocycles. The van der Waals surface area contributed by atoms with Crippen molar-refractivity contribution in [3.8, 4) is 0 Å². The molecule has 0 aliphatic heterocycles. The fraction of sp³-hybridized carbons (Fsp3) is 0.750. The van der Waals surface area contributed by atoms with Crippen molar-refractivity contribution in [2.24, 2.45) is 0 Å². The molecule has 0 atom stereocenters. The topological polar surface area (TPSA) is 14.1 Å². The van der Waals surface area contributed by atoms with Crippen molar-refractivity contribution in [3.05, 3.63) is 27.6 Å². The molecule has 0 spiro atoms. The van der Waals surface area contributed by atoms with E-state index in [0.29, 0.717) is 0 Å². The van der Waals surface area contributed by atoms with E-state index >= 15 is 0 Å². The van der Waals surface area contributed by atoms with E-state index in [2.05, 4.69) is 61.6 Å². The summed E-state index contributed by atoms with van der Waals surface area (Å²) >= 11 is 0. The maximum atomic E-state index is 5.26. The molecular formula is C16H30Cl2NSiTi. The second-order valence-corrected chi connectivity index (χ2v) is 10.3. The van der Waals surface area contributed by atoms with E-state index in [4.69, 9.17) is 5.32 Å². The Morgan fingerprint density at radius 1 is 0.952 bits per heavy atom. The Kier molecular flexibility index (Phi) is 11.9. The van der Waals surface area contributed by atoms with Gasteiger partial charge in [-0.2, -0.15) is 0 Å². The Bertz CT molecular complexity index is 391. The van der Waals surface area contributed by atoms with Crippen LogP contribution in [0.4, 0.5) is 0 Å². The Balaban J connectivity index is -0.00000108. The molecule has 1 nitrogen and oxygen atoms in total. The third kappa shape index (κ3) is 5.82. The molecule has 0 saturated heterocycles. The minimum absolute atomic E-state index is 0. The molecule has 0 unspecified atom stereocenters. The average Bonchev–Trinajstić information content (AvgIpc) is 2.32. The van der Waals surface area contributed by atoms with Crippen molar-refractivity contribution in [3.63, 3.8) is 0 Å². The number of allylic oxidation sites excluding steroid dienone is 2. The van der Waals surface area contributed by atoms with Gasteiger partial charge in [-0.25, -0.2) is 0 Å². The van der Waals surface area contributed by atoms with E-state index in [1.165, 1.54) is 28.3 Å². The van der Waals surface area contributed by atoms with E-state index in [0.717, 1.165) is 0 Å². The first-order valence-corrected chi connectivity index (χ1v) is 10.2. The van der Waals surface area contributed by atoms with E-state index in [-0.39, 0.29) is 57.6 Å². The average molecular weight is 383 g/mol. The maximum absolute atomic E-state index is 5.26. The standard InChI is InChI=1S/C16H30NSi.2ClH.Ti/c1-11-12(2)14(4)16(7,13(11)3)17-15(5,6)10-18(8)9;;;/h18H,10H2,1-9H3;2*1H;/q-1;;;+3/p-2. The largest absolute Gasteiger partial charge is 3.00 e. The quantitative estimate of drug-likeness (QED) is 0.558. The SMILES string of the molecule is CC1=C(C)C(C)([N-]C(C)(C)C[SiH](C)C)C(C)=C1C.[Cl-].[Cl-].[Ti+3]. The molecule has 0 N–H and O–H groups in total. The Labute approximate surface area is 161 Å². The zero-order chi connectivity index (χ0) is 14.3. The van der Waals surface area contributed by atoms with E-state index in [9.17, 15) is 0 Å². The van der Waals surface area contributed by atoms with Gasteiger partial charge < -0.3 is 30.1 Å². The van der Waals surface area contributed by atoms with Crippen molar-refractivity contribution < 1.29 is 46.5 Å². The van der Waals surface area contributed by atoms with Crippen LogP contribution in [0.2, 0.25) is 19.1 Å². The molecule has 1 aliphatic carbocycles. The molecule has 0 fully saturated rings. The Morgan fingerprint density at radius 2 is 1.29 bits per heavy atom. The molecule has 0 aromatic rings. The van der Waals surface area contributed by atoms with Gasteiger partial charge >= 0.3 is 21.7 Å². The smallest absolute Gasteiger partial charge is 1.00 e. The van der Waals surface area contributed by atoms with Gasteiger partial charge in [-0.05, 0) is 27.7 Å². The summed E-state index contributed by atoms with van der Waals surface area (Å²) in [6.07, 6.45) is 0. The number of nitrogens with zero attached hydrogens (tertiary/aromatic N) is 1. The summed E-state index contributed by atoms with van der Waals surface area (Å²) in [7, 11) is -0.585. The second kappa shape index (κ2) is 9.30. The first kappa shape index (κ1) is 26.8. The minimum Gasteiger partial charge on any atom is -1.00 e. The maximum Gasteiger partial charge on any atom is 3.00 e. The molecule has 21 heavy (non-hydrogen) atoms. The number of hydrogen-bond acceptors (Lipinski definition) is 0. The van der Waals surface area contributed by atoms with Crippen molar-refractivity contribution in [1.82, 2.24) is 0 Å². The first-order chi connectivity index (χ1) is 8.01. The monoisotopic (exact) mass is 382 g/mol. The predicted molar refractivity (Wildman–Crippen MR) is 86.3 cm³/mol. The minimum atomic E-state index is -0.585. The van der Waals surface area contributed by atoms with Crippen LogP contribution in [-0.2, 0) is 21.7 Å². The van der Waals surface area contributed by atoms with E-state index in [1.54, 1.807) is 0 Å². The van der Waals surface area contributed by atoms with Gasteiger partial charge in [0.2, 0.25) is 0 Å². The fourth-order valence-electron chi connectivity index (χ4n) is 3.39. The van der Waals surface area contributed by atoms with Gasteiger partial charge in [0.15, 0.2) is 0 Å². The normalized spacial score (nSPS) is 17.4. The zero-order valence-electron chi connectivity index (χ0n) is 15.0. The van der Waals surface area contributed by atoms with Crippen LogP contribution in [0.3, 0.4) is 0 Å². The van der Waals surface area contributed by atoms with Crippen LogP contribution in [0.25, 0.3) is 5.32 Å². The van der Waals surface area contributed by atoms with Gasteiger partial charge in [-0.15, -0.1) is 5.54 Å². The summed E-state index contributed by atoms with van der Waals surface area (Å²) in [5.41, 5.74) is 5.79. The van der Waals surface area contributed by atoms with E-state index < -0.39 is 8.80 Å². The summed E-state index contributed by atoms with van der Waals surface area (Å²) in [6.45, 7) is 20.7. The molecule has 1 rings (SSSR count). The second-order valence-electron chi connectivity index (χ2n) is 7.09. The van der Waals surface area contributed by atoms with Crippen LogP contribution in [0.15, 0.2) is 22.3 Å². The summed E-state index contributed by atoms with van der Waals surface area (Å²) in [5, 5.41) is 5.26. The van der Waals surface area contributed by atoms with Gasteiger partial charge in [0, 0.05) is 8.80 Å². The molecule has 5 heteroatoms. The van der Waals surface area contributed by atoms with Crippen molar-refractivity contribution >= 4 is 8.80 Å². The zero-order valence-corrected chi connectivity index (χ0v) is 19.2. The van der Waals surface area contributed by atoms with Crippen LogP contribution in [0, 0.1) is 0 Å². The van der Waals surface area contributed by atoms with Gasteiger partial charge in [-0.1, -0.05) is 67.7 Å². The molecule has 0 heterocycles. The van der Waals surface area contributed by atoms with Crippen LogP contribution in [0.1, 0.15) is 48.5 Å². The summed E-state index contributed by atoms with van der Waals surface area (Å²) in [6, 6.07) is 1.28. The molecule has 0 amide bonds. The third-order valence-electron chi connectivity index (χ3n) is 4.58. The summed E-state index contributed by atoms with van der Waals surface area (Å²) < 4.78 is 0. The predicted octanol–water partition coefficient (Wildman–Crippen LogP) is -0.924. The van der Waals surface area contributed by atoms with Crippen molar-refractivity contribution in [2.45, 2.75) is 78.7 Å². The van der Waals surface area contributed by atoms with Gasteiger partial charge in [0.05, 0.1) is 0 Å². The van der Waals surface area contributed by atoms with Gasteiger partial charge in [0.25, 0.3) is 0 Å². The van der Waals surface area contributed by atoms with E-state index in [1.807, 2.05) is 0 Å². The van der Waals surface area contributed by atoms with Crippen molar-refractivity contribution in [2.75, 3.05) is 0 Å². The van der Waals surface area contributed by atoms with Crippen LogP contribution < -0.4 is 24.8 Å². The number of halogens is 2. The molecule has 121 valence electrons. The molecule has 0 saturated carbocycles. The van der Waals surface area contributed by atoms with Gasteiger partial charge in [0.1, 0.15) is 0 Å².